The Hall–Kier alpha value is -3.13. The van der Waals surface area contributed by atoms with E-state index in [0.29, 0.717) is 36.7 Å². The molecule has 1 heterocycles. The molecule has 0 radical (unpaired) electrons. The van der Waals surface area contributed by atoms with Gasteiger partial charge in [0.2, 0.25) is 5.91 Å². The molecule has 2 aromatic carbocycles. The summed E-state index contributed by atoms with van der Waals surface area (Å²) in [6.45, 7) is 0.862. The van der Waals surface area contributed by atoms with Gasteiger partial charge in [0.25, 0.3) is 5.91 Å². The quantitative estimate of drug-likeness (QED) is 0.427. The first-order valence-corrected chi connectivity index (χ1v) is 13.4. The number of anilines is 1. The van der Waals surface area contributed by atoms with E-state index in [4.69, 9.17) is 4.74 Å². The maximum Gasteiger partial charge on any atom is 0.252 e. The van der Waals surface area contributed by atoms with Crippen molar-refractivity contribution in [2.75, 3.05) is 31.7 Å². The Labute approximate surface area is 218 Å². The number of ether oxygens (including phenoxy) is 1. The number of nitrogens with zero attached hydrogens (tertiary/aromatic N) is 1. The third kappa shape index (κ3) is 7.22. The van der Waals surface area contributed by atoms with Crippen molar-refractivity contribution < 1.29 is 23.8 Å². The van der Waals surface area contributed by atoms with Gasteiger partial charge in [-0.2, -0.15) is 0 Å². The Balaban J connectivity index is 1.42. The molecule has 2 aliphatic rings. The predicted octanol–water partition coefficient (Wildman–Crippen LogP) is 3.83. The molecule has 4 rings (SSSR count). The summed E-state index contributed by atoms with van der Waals surface area (Å²) >= 11 is 0. The van der Waals surface area contributed by atoms with Crippen molar-refractivity contribution in [3.8, 4) is 5.75 Å². The monoisotopic (exact) mass is 511 g/mol. The summed E-state index contributed by atoms with van der Waals surface area (Å²) in [6, 6.07) is 10.3. The van der Waals surface area contributed by atoms with Gasteiger partial charge in [-0.15, -0.1) is 0 Å². The largest absolute Gasteiger partial charge is 0.497 e. The molecule has 8 heteroatoms. The molecule has 200 valence electrons. The van der Waals surface area contributed by atoms with Crippen LogP contribution in [0.3, 0.4) is 0 Å². The molecule has 0 spiro atoms. The second-order valence-corrected chi connectivity index (χ2v) is 10.2. The molecule has 2 amide bonds. The average molecular weight is 512 g/mol. The molecule has 0 aromatic heterocycles. The predicted molar refractivity (Wildman–Crippen MR) is 141 cm³/mol. The fraction of sp³-hybridized carbons (Fsp3) is 0.517. The SMILES string of the molecule is COc1cccc(C(=O)N[C@@H](CCC2CCCCC2)C(=O)N[C@@H](CO)CN2CCc3cc(F)ccc32)c1. The summed E-state index contributed by atoms with van der Waals surface area (Å²) in [7, 11) is 1.54. The van der Waals surface area contributed by atoms with Crippen LogP contribution in [0.5, 0.6) is 5.75 Å². The first-order chi connectivity index (χ1) is 18.0. The van der Waals surface area contributed by atoms with Gasteiger partial charge in [-0.25, -0.2) is 4.39 Å². The second-order valence-electron chi connectivity index (χ2n) is 10.2. The lowest BCUT2D eigenvalue weighted by atomic mass is 9.85. The fourth-order valence-corrected chi connectivity index (χ4v) is 5.50. The van der Waals surface area contributed by atoms with Gasteiger partial charge >= 0.3 is 0 Å². The highest BCUT2D eigenvalue weighted by molar-refractivity contribution is 5.97. The molecule has 1 fully saturated rings. The molecule has 0 bridgehead atoms. The van der Waals surface area contributed by atoms with E-state index in [1.165, 1.54) is 31.4 Å². The lowest BCUT2D eigenvalue weighted by Gasteiger charge is -2.28. The molecule has 3 N–H and O–H groups in total. The van der Waals surface area contributed by atoms with Gasteiger partial charge in [0.15, 0.2) is 0 Å². The number of carbonyl (C=O) groups excluding carboxylic acids is 2. The van der Waals surface area contributed by atoms with Gasteiger partial charge in [0, 0.05) is 24.3 Å². The van der Waals surface area contributed by atoms with E-state index in [1.54, 1.807) is 37.4 Å². The maximum atomic E-state index is 13.6. The molecule has 0 unspecified atom stereocenters. The lowest BCUT2D eigenvalue weighted by Crippen LogP contribution is -2.53. The summed E-state index contributed by atoms with van der Waals surface area (Å²) in [5.41, 5.74) is 2.28. The average Bonchev–Trinajstić information content (AvgIpc) is 3.32. The molecular weight excluding hydrogens is 473 g/mol. The van der Waals surface area contributed by atoms with Gasteiger partial charge in [-0.05, 0) is 67.1 Å². The van der Waals surface area contributed by atoms with Crippen molar-refractivity contribution in [1.29, 1.82) is 0 Å². The van der Waals surface area contributed by atoms with E-state index in [1.807, 2.05) is 0 Å². The van der Waals surface area contributed by atoms with Crippen molar-refractivity contribution >= 4 is 17.5 Å². The second kappa shape index (κ2) is 12.9. The zero-order valence-electron chi connectivity index (χ0n) is 21.5. The van der Waals surface area contributed by atoms with Gasteiger partial charge in [0.05, 0.1) is 19.8 Å². The Bertz CT molecular complexity index is 1070. The van der Waals surface area contributed by atoms with Crippen LogP contribution in [0.25, 0.3) is 0 Å². The molecule has 2 aromatic rings. The van der Waals surface area contributed by atoms with E-state index >= 15 is 0 Å². The lowest BCUT2D eigenvalue weighted by molar-refractivity contribution is -0.124. The normalized spacial score (nSPS) is 17.1. The van der Waals surface area contributed by atoms with Crippen LogP contribution in [0.1, 0.15) is 60.9 Å². The maximum absolute atomic E-state index is 13.6. The Morgan fingerprint density at radius 3 is 2.70 bits per heavy atom. The fourth-order valence-electron chi connectivity index (χ4n) is 5.50. The minimum absolute atomic E-state index is 0.238. The summed E-state index contributed by atoms with van der Waals surface area (Å²) in [5, 5.41) is 15.9. The number of aliphatic hydroxyl groups is 1. The number of nitrogens with one attached hydrogen (secondary N) is 2. The number of amides is 2. The first-order valence-electron chi connectivity index (χ1n) is 13.4. The number of methoxy groups -OCH3 is 1. The highest BCUT2D eigenvalue weighted by Gasteiger charge is 2.28. The number of fused-ring (bicyclic) bond motifs is 1. The van der Waals surface area contributed by atoms with E-state index in [0.717, 1.165) is 36.9 Å². The van der Waals surface area contributed by atoms with Crippen molar-refractivity contribution in [1.82, 2.24) is 10.6 Å². The van der Waals surface area contributed by atoms with Crippen molar-refractivity contribution in [2.45, 2.75) is 63.5 Å². The Morgan fingerprint density at radius 2 is 1.95 bits per heavy atom. The molecule has 1 aliphatic carbocycles. The standard InChI is InChI=1S/C29H38FN3O4/c1-37-25-9-5-8-22(17-25)28(35)32-26(12-10-20-6-3-2-4-7-20)29(36)31-24(19-34)18-33-15-14-21-16-23(30)11-13-27(21)33/h5,8-9,11,13,16-17,20,24,26,34H,2-4,6-7,10,12,14-15,18-19H2,1H3,(H,31,36)(H,32,35)/t24-,26+/m1/s1. The molecule has 0 saturated heterocycles. The van der Waals surface area contributed by atoms with Crippen LogP contribution in [0.4, 0.5) is 10.1 Å². The molecule has 1 saturated carbocycles. The molecule has 2 atom stereocenters. The smallest absolute Gasteiger partial charge is 0.252 e. The van der Waals surface area contributed by atoms with Crippen LogP contribution in [0.15, 0.2) is 42.5 Å². The summed E-state index contributed by atoms with van der Waals surface area (Å²) in [6.07, 6.45) is 8.13. The number of carbonyl (C=O) groups is 2. The number of halogens is 1. The van der Waals surface area contributed by atoms with Crippen molar-refractivity contribution in [2.24, 2.45) is 5.92 Å². The topological polar surface area (TPSA) is 90.9 Å². The molecule has 37 heavy (non-hydrogen) atoms. The highest BCUT2D eigenvalue weighted by atomic mass is 19.1. The van der Waals surface area contributed by atoms with Crippen LogP contribution >= 0.6 is 0 Å². The zero-order valence-corrected chi connectivity index (χ0v) is 21.5. The third-order valence-corrected chi connectivity index (χ3v) is 7.58. The number of aliphatic hydroxyl groups excluding tert-OH is 1. The minimum atomic E-state index is -0.713. The molecule has 7 nitrogen and oxygen atoms in total. The van der Waals surface area contributed by atoms with Gasteiger partial charge in [-0.3, -0.25) is 9.59 Å². The number of benzene rings is 2. The van der Waals surface area contributed by atoms with Crippen LogP contribution in [-0.4, -0.2) is 55.8 Å². The molecule has 1 aliphatic heterocycles. The van der Waals surface area contributed by atoms with Gasteiger partial charge in [0.1, 0.15) is 17.6 Å². The van der Waals surface area contributed by atoms with Crippen LogP contribution < -0.4 is 20.3 Å². The summed E-state index contributed by atoms with van der Waals surface area (Å²) in [4.78, 5) is 28.5. The minimum Gasteiger partial charge on any atom is -0.497 e. The Kier molecular flexibility index (Phi) is 9.39. The first kappa shape index (κ1) is 26.9. The zero-order chi connectivity index (χ0) is 26.2. The summed E-state index contributed by atoms with van der Waals surface area (Å²) < 4.78 is 18.8. The number of hydrogen-bond donors (Lipinski definition) is 3. The van der Waals surface area contributed by atoms with E-state index in [2.05, 4.69) is 15.5 Å². The van der Waals surface area contributed by atoms with E-state index in [-0.39, 0.29) is 24.2 Å². The van der Waals surface area contributed by atoms with Crippen LogP contribution in [0, 0.1) is 11.7 Å². The summed E-state index contributed by atoms with van der Waals surface area (Å²) in [5.74, 6) is 0.235. The van der Waals surface area contributed by atoms with Gasteiger partial charge < -0.3 is 25.4 Å². The number of hydrogen-bond acceptors (Lipinski definition) is 5. The molecular formula is C29H38FN3O4. The van der Waals surface area contributed by atoms with Crippen LogP contribution in [0.2, 0.25) is 0 Å². The van der Waals surface area contributed by atoms with E-state index < -0.39 is 12.1 Å². The number of rotatable bonds is 11. The van der Waals surface area contributed by atoms with Crippen molar-refractivity contribution in [3.05, 3.63) is 59.4 Å². The third-order valence-electron chi connectivity index (χ3n) is 7.58. The van der Waals surface area contributed by atoms with Crippen LogP contribution in [-0.2, 0) is 11.2 Å². The van der Waals surface area contributed by atoms with E-state index in [9.17, 15) is 19.1 Å². The van der Waals surface area contributed by atoms with Crippen molar-refractivity contribution in [3.63, 3.8) is 0 Å². The highest BCUT2D eigenvalue weighted by Crippen LogP contribution is 2.29. The Morgan fingerprint density at radius 1 is 1.14 bits per heavy atom. The van der Waals surface area contributed by atoms with Gasteiger partial charge in [-0.1, -0.05) is 38.2 Å².